The molecule has 1 aromatic carbocycles. The number of pyridine rings is 2. The van der Waals surface area contributed by atoms with Crippen molar-refractivity contribution in [1.29, 1.82) is 0 Å². The van der Waals surface area contributed by atoms with E-state index in [0.717, 1.165) is 15.8 Å². The second kappa shape index (κ2) is 7.89. The summed E-state index contributed by atoms with van der Waals surface area (Å²) in [4.78, 5) is 43.2. The number of carbonyl (C=O) groups is 2. The summed E-state index contributed by atoms with van der Waals surface area (Å²) in [6, 6.07) is 13.2. The number of ether oxygens (including phenoxy) is 1. The van der Waals surface area contributed by atoms with E-state index in [2.05, 4.69) is 21.7 Å². The van der Waals surface area contributed by atoms with Crippen molar-refractivity contribution in [2.75, 3.05) is 35.6 Å². The molecule has 0 aliphatic carbocycles. The first kappa shape index (κ1) is 20.3. The van der Waals surface area contributed by atoms with Gasteiger partial charge in [-0.15, -0.1) is 11.8 Å². The molecule has 3 aliphatic rings. The van der Waals surface area contributed by atoms with Crippen LogP contribution in [0.2, 0.25) is 0 Å². The van der Waals surface area contributed by atoms with Crippen LogP contribution >= 0.6 is 11.8 Å². The maximum atomic E-state index is 12.5. The normalized spacial score (nSPS) is 21.3. The molecule has 1 fully saturated rings. The van der Waals surface area contributed by atoms with Gasteiger partial charge in [-0.2, -0.15) is 0 Å². The van der Waals surface area contributed by atoms with E-state index in [9.17, 15) is 14.4 Å². The van der Waals surface area contributed by atoms with Crippen molar-refractivity contribution in [2.24, 2.45) is 0 Å². The van der Waals surface area contributed by atoms with Gasteiger partial charge in [0.15, 0.2) is 0 Å². The Labute approximate surface area is 193 Å². The highest BCUT2D eigenvalue weighted by atomic mass is 32.2. The maximum Gasteiger partial charge on any atom is 0.416 e. The zero-order valence-electron chi connectivity index (χ0n) is 17.6. The second-order valence-electron chi connectivity index (χ2n) is 8.39. The van der Waals surface area contributed by atoms with Gasteiger partial charge in [-0.3, -0.25) is 14.5 Å². The van der Waals surface area contributed by atoms with Crippen molar-refractivity contribution in [3.63, 3.8) is 0 Å². The van der Waals surface area contributed by atoms with Gasteiger partial charge in [0.2, 0.25) is 5.91 Å². The Kier molecular flexibility index (Phi) is 4.84. The van der Waals surface area contributed by atoms with Crippen molar-refractivity contribution in [2.45, 2.75) is 23.5 Å². The highest BCUT2D eigenvalue weighted by molar-refractivity contribution is 8.00. The first-order valence-electron chi connectivity index (χ1n) is 10.8. The van der Waals surface area contributed by atoms with Crippen molar-refractivity contribution >= 4 is 46.3 Å². The molecule has 0 saturated carbocycles. The predicted molar refractivity (Wildman–Crippen MR) is 125 cm³/mol. The Morgan fingerprint density at radius 1 is 1.09 bits per heavy atom. The highest BCUT2D eigenvalue weighted by Gasteiger charge is 2.34. The summed E-state index contributed by atoms with van der Waals surface area (Å²) in [5, 5.41) is 7.24. The van der Waals surface area contributed by atoms with Crippen LogP contribution in [0.1, 0.15) is 11.5 Å². The maximum absolute atomic E-state index is 12.5. The molecular formula is C23H21N5O4S. The Morgan fingerprint density at radius 2 is 2.00 bits per heavy atom. The minimum Gasteiger partial charge on any atom is -0.443 e. The van der Waals surface area contributed by atoms with E-state index in [1.807, 2.05) is 28.8 Å². The lowest BCUT2D eigenvalue weighted by Gasteiger charge is -2.18. The molecule has 10 heteroatoms. The molecule has 0 radical (unpaired) electrons. The van der Waals surface area contributed by atoms with E-state index >= 15 is 0 Å². The molecule has 2 N–H and O–H groups in total. The smallest absolute Gasteiger partial charge is 0.416 e. The third-order valence-corrected chi connectivity index (χ3v) is 7.30. The number of thioether (sulfide) groups is 1. The molecular weight excluding hydrogens is 442 g/mol. The van der Waals surface area contributed by atoms with Crippen LogP contribution in [-0.2, 0) is 16.1 Å². The average Bonchev–Trinajstić information content (AvgIpc) is 3.38. The summed E-state index contributed by atoms with van der Waals surface area (Å²) in [6.07, 6.45) is -0.768. The fourth-order valence-corrected chi connectivity index (χ4v) is 5.49. The summed E-state index contributed by atoms with van der Waals surface area (Å²) in [6.45, 7) is 2.19. The minimum absolute atomic E-state index is 0.0185. The van der Waals surface area contributed by atoms with Gasteiger partial charge in [-0.05, 0) is 29.1 Å². The number of nitrogens with zero attached hydrogens (tertiary/aromatic N) is 3. The lowest BCUT2D eigenvalue weighted by atomic mass is 10.00. The number of anilines is 2. The standard InChI is InChI=1S/C23H21N5O4S/c29-19-12-33-17-5-6-18(25-22(17)26-19)27-11-15(32-23(27)31)9-24-8-14-10-28-20(30)7-4-13-2-1-3-16(14)21(13)28/h1-7,14-15,24H,8-12H2,(H,25,26,29)/t14?,15-/m0/s1. The Bertz CT molecular complexity index is 1360. The summed E-state index contributed by atoms with van der Waals surface area (Å²) < 4.78 is 7.37. The number of fused-ring (bicyclic) bond motifs is 1. The summed E-state index contributed by atoms with van der Waals surface area (Å²) in [5.41, 5.74) is 2.20. The summed E-state index contributed by atoms with van der Waals surface area (Å²) in [5.74, 6) is 1.38. The Balaban J connectivity index is 1.10. The fourth-order valence-electron chi connectivity index (χ4n) is 4.73. The number of nitrogens with one attached hydrogen (secondary N) is 2. The molecule has 0 bridgehead atoms. The number of rotatable bonds is 5. The van der Waals surface area contributed by atoms with Crippen molar-refractivity contribution in [1.82, 2.24) is 14.9 Å². The number of benzene rings is 1. The quantitative estimate of drug-likeness (QED) is 0.597. The zero-order chi connectivity index (χ0) is 22.5. The van der Waals surface area contributed by atoms with E-state index in [0.29, 0.717) is 43.6 Å². The van der Waals surface area contributed by atoms with Crippen molar-refractivity contribution < 1.29 is 14.3 Å². The van der Waals surface area contributed by atoms with E-state index < -0.39 is 6.09 Å². The fraction of sp³-hybridized carbons (Fsp3) is 0.304. The van der Waals surface area contributed by atoms with Crippen LogP contribution in [0.3, 0.4) is 0 Å². The van der Waals surface area contributed by atoms with Gasteiger partial charge in [0, 0.05) is 31.6 Å². The van der Waals surface area contributed by atoms with Crippen LogP contribution in [0.25, 0.3) is 10.9 Å². The largest absolute Gasteiger partial charge is 0.443 e. The number of aromatic nitrogens is 2. The SMILES string of the molecule is O=C1CSc2ccc(N3C[C@H](CNCC4Cn5c(=O)ccc6cccc4c65)OC3=O)nc2N1. The van der Waals surface area contributed by atoms with Gasteiger partial charge in [0.1, 0.15) is 17.7 Å². The van der Waals surface area contributed by atoms with Crippen LogP contribution in [-0.4, -0.2) is 53.0 Å². The molecule has 2 amide bonds. The molecule has 2 aromatic heterocycles. The molecule has 33 heavy (non-hydrogen) atoms. The number of hydrogen-bond donors (Lipinski definition) is 2. The van der Waals surface area contributed by atoms with Crippen LogP contribution in [0.4, 0.5) is 16.4 Å². The van der Waals surface area contributed by atoms with E-state index in [1.54, 1.807) is 12.1 Å². The number of carbonyl (C=O) groups excluding carboxylic acids is 2. The predicted octanol–water partition coefficient (Wildman–Crippen LogP) is 2.15. The molecule has 2 atom stereocenters. The van der Waals surface area contributed by atoms with E-state index in [4.69, 9.17) is 4.74 Å². The van der Waals surface area contributed by atoms with Gasteiger partial charge in [-0.1, -0.05) is 18.2 Å². The molecule has 3 aliphatic heterocycles. The van der Waals surface area contributed by atoms with Gasteiger partial charge in [0.05, 0.1) is 22.7 Å². The van der Waals surface area contributed by atoms with Crippen molar-refractivity contribution in [3.05, 3.63) is 58.4 Å². The minimum atomic E-state index is -0.450. The zero-order valence-corrected chi connectivity index (χ0v) is 18.4. The average molecular weight is 464 g/mol. The van der Waals surface area contributed by atoms with Gasteiger partial charge in [0.25, 0.3) is 5.56 Å². The Hall–Kier alpha value is -3.37. The first-order chi connectivity index (χ1) is 16.1. The van der Waals surface area contributed by atoms with Gasteiger partial charge >= 0.3 is 6.09 Å². The molecule has 1 saturated heterocycles. The van der Waals surface area contributed by atoms with Crippen LogP contribution in [0.15, 0.2) is 52.2 Å². The van der Waals surface area contributed by atoms with Crippen LogP contribution in [0, 0.1) is 0 Å². The molecule has 9 nitrogen and oxygen atoms in total. The number of cyclic esters (lactones) is 1. The monoisotopic (exact) mass is 463 g/mol. The van der Waals surface area contributed by atoms with Crippen LogP contribution in [0.5, 0.6) is 0 Å². The molecule has 1 unspecified atom stereocenters. The third kappa shape index (κ3) is 3.55. The molecule has 168 valence electrons. The Morgan fingerprint density at radius 3 is 2.91 bits per heavy atom. The third-order valence-electron chi connectivity index (χ3n) is 6.26. The molecule has 6 rings (SSSR count). The lowest BCUT2D eigenvalue weighted by molar-refractivity contribution is -0.113. The first-order valence-corrected chi connectivity index (χ1v) is 11.8. The topological polar surface area (TPSA) is 106 Å². The highest BCUT2D eigenvalue weighted by Crippen LogP contribution is 2.33. The summed E-state index contributed by atoms with van der Waals surface area (Å²) in [7, 11) is 0. The van der Waals surface area contributed by atoms with Gasteiger partial charge < -0.3 is 19.9 Å². The number of hydrogen-bond acceptors (Lipinski definition) is 7. The van der Waals surface area contributed by atoms with Crippen molar-refractivity contribution in [3.8, 4) is 0 Å². The van der Waals surface area contributed by atoms with Crippen LogP contribution < -0.4 is 21.1 Å². The number of amides is 2. The number of para-hydroxylation sites is 1. The summed E-state index contributed by atoms with van der Waals surface area (Å²) >= 11 is 1.43. The second-order valence-corrected chi connectivity index (χ2v) is 9.41. The van der Waals surface area contributed by atoms with Gasteiger partial charge in [-0.25, -0.2) is 9.78 Å². The van der Waals surface area contributed by atoms with E-state index in [1.165, 1.54) is 22.2 Å². The lowest BCUT2D eigenvalue weighted by Crippen LogP contribution is -2.33. The molecule has 5 heterocycles. The molecule has 0 spiro atoms. The molecule has 3 aromatic rings. The van der Waals surface area contributed by atoms with E-state index in [-0.39, 0.29) is 23.5 Å².